The predicted octanol–water partition coefficient (Wildman–Crippen LogP) is 4.92. The first-order valence-corrected chi connectivity index (χ1v) is 12.2. The number of nitrogens with zero attached hydrogens (tertiary/aromatic N) is 1. The van der Waals surface area contributed by atoms with Crippen LogP contribution in [0.25, 0.3) is 0 Å². The van der Waals surface area contributed by atoms with Crippen LogP contribution < -0.4 is 14.4 Å². The van der Waals surface area contributed by atoms with Gasteiger partial charge < -0.3 is 10.1 Å². The molecular weight excluding hydrogens is 424 g/mol. The number of sulfonamides is 1. The molecule has 0 aliphatic rings. The maximum Gasteiger partial charge on any atom is 0.255 e. The van der Waals surface area contributed by atoms with Gasteiger partial charge in [0.15, 0.2) is 0 Å². The fraction of sp³-hybridized carbons (Fsp3) is 0.240. The molecule has 1 N–H and O–H groups in total. The van der Waals surface area contributed by atoms with Gasteiger partial charge in [-0.2, -0.15) is 0 Å². The van der Waals surface area contributed by atoms with E-state index in [-0.39, 0.29) is 12.5 Å². The zero-order chi connectivity index (χ0) is 23.3. The third-order valence-corrected chi connectivity index (χ3v) is 6.17. The summed E-state index contributed by atoms with van der Waals surface area (Å²) in [5.41, 5.74) is 4.41. The third-order valence-electron chi connectivity index (χ3n) is 5.05. The van der Waals surface area contributed by atoms with Crippen molar-refractivity contribution in [2.24, 2.45) is 0 Å². The second-order valence-electron chi connectivity index (χ2n) is 7.62. The summed E-state index contributed by atoms with van der Waals surface area (Å²) in [5.74, 6) is 0.504. The first-order valence-electron chi connectivity index (χ1n) is 10.4. The topological polar surface area (TPSA) is 75.7 Å². The molecule has 0 heterocycles. The lowest BCUT2D eigenvalue weighted by Crippen LogP contribution is -2.30. The van der Waals surface area contributed by atoms with E-state index >= 15 is 0 Å². The number of ether oxygens (including phenoxy) is 1. The Labute approximate surface area is 189 Å². The first-order chi connectivity index (χ1) is 15.2. The number of amides is 1. The summed E-state index contributed by atoms with van der Waals surface area (Å²) in [6.07, 6.45) is 1.21. The van der Waals surface area contributed by atoms with Gasteiger partial charge in [-0.3, -0.25) is 9.10 Å². The first kappa shape index (κ1) is 23.3. The van der Waals surface area contributed by atoms with Gasteiger partial charge in [-0.1, -0.05) is 30.3 Å². The van der Waals surface area contributed by atoms with Crippen molar-refractivity contribution in [1.29, 1.82) is 0 Å². The molecule has 0 fully saturated rings. The van der Waals surface area contributed by atoms with E-state index in [0.29, 0.717) is 23.5 Å². The van der Waals surface area contributed by atoms with Gasteiger partial charge in [-0.25, -0.2) is 8.42 Å². The lowest BCUT2D eigenvalue weighted by molar-refractivity contribution is 0.102. The summed E-state index contributed by atoms with van der Waals surface area (Å²) >= 11 is 0. The number of nitrogens with one attached hydrogen (secondary N) is 1. The summed E-state index contributed by atoms with van der Waals surface area (Å²) in [5, 5.41) is 2.85. The van der Waals surface area contributed by atoms with Crippen LogP contribution in [0.5, 0.6) is 5.75 Å². The fourth-order valence-electron chi connectivity index (χ4n) is 3.49. The Morgan fingerprint density at radius 3 is 2.06 bits per heavy atom. The molecule has 3 rings (SSSR count). The van der Waals surface area contributed by atoms with E-state index < -0.39 is 10.0 Å². The van der Waals surface area contributed by atoms with Crippen LogP contribution in [-0.2, 0) is 16.6 Å². The molecule has 0 aliphatic heterocycles. The highest BCUT2D eigenvalue weighted by Gasteiger charge is 2.21. The Balaban J connectivity index is 1.76. The lowest BCUT2D eigenvalue weighted by Gasteiger charge is -2.26. The quantitative estimate of drug-likeness (QED) is 0.526. The molecule has 6 nitrogen and oxygen atoms in total. The molecule has 0 aromatic heterocycles. The number of benzene rings is 3. The van der Waals surface area contributed by atoms with Gasteiger partial charge in [-0.15, -0.1) is 0 Å². The SMILES string of the molecule is CCOc1ccc(NC(=O)c2ccc(CN(c3c(C)cccc3C)S(C)(=O)=O)cc2)cc1. The molecule has 0 saturated heterocycles. The molecule has 7 heteroatoms. The molecule has 168 valence electrons. The van der Waals surface area contributed by atoms with Gasteiger partial charge >= 0.3 is 0 Å². The lowest BCUT2D eigenvalue weighted by atomic mass is 10.1. The van der Waals surface area contributed by atoms with Crippen LogP contribution in [-0.4, -0.2) is 27.2 Å². The summed E-state index contributed by atoms with van der Waals surface area (Å²) in [7, 11) is -3.49. The van der Waals surface area contributed by atoms with Crippen LogP contribution in [0.15, 0.2) is 66.7 Å². The standard InChI is InChI=1S/C25H28N2O4S/c1-5-31-23-15-13-22(14-16-23)26-25(28)21-11-9-20(10-12-21)17-27(32(4,29)30)24-18(2)7-6-8-19(24)3/h6-16H,5,17H2,1-4H3,(H,26,28). The van der Waals surface area contributed by atoms with Gasteiger partial charge in [0, 0.05) is 11.3 Å². The van der Waals surface area contributed by atoms with Gasteiger partial charge in [0.25, 0.3) is 5.91 Å². The minimum atomic E-state index is -3.49. The van der Waals surface area contributed by atoms with Gasteiger partial charge in [0.1, 0.15) is 5.75 Å². The zero-order valence-corrected chi connectivity index (χ0v) is 19.6. The molecule has 0 unspecified atom stereocenters. The van der Waals surface area contributed by atoms with Gasteiger partial charge in [0.2, 0.25) is 10.0 Å². The summed E-state index contributed by atoms with van der Waals surface area (Å²) < 4.78 is 31.9. The molecule has 0 aliphatic carbocycles. The normalized spacial score (nSPS) is 11.1. The van der Waals surface area contributed by atoms with Crippen molar-refractivity contribution in [2.45, 2.75) is 27.3 Å². The Morgan fingerprint density at radius 2 is 1.53 bits per heavy atom. The smallest absolute Gasteiger partial charge is 0.255 e. The number of para-hydroxylation sites is 1. The Hall–Kier alpha value is -3.32. The maximum absolute atomic E-state index is 12.6. The number of anilines is 2. The van der Waals surface area contributed by atoms with Crippen LogP contribution >= 0.6 is 0 Å². The van der Waals surface area contributed by atoms with Crippen molar-refractivity contribution in [2.75, 3.05) is 22.5 Å². The largest absolute Gasteiger partial charge is 0.494 e. The number of carbonyl (C=O) groups excluding carboxylic acids is 1. The monoisotopic (exact) mass is 452 g/mol. The van der Waals surface area contributed by atoms with E-state index in [4.69, 9.17) is 4.74 Å². The molecule has 32 heavy (non-hydrogen) atoms. The van der Waals surface area contributed by atoms with Crippen molar-refractivity contribution in [3.63, 3.8) is 0 Å². The summed E-state index contributed by atoms with van der Waals surface area (Å²) in [6, 6.07) is 19.8. The van der Waals surface area contributed by atoms with Crippen molar-refractivity contribution in [3.8, 4) is 5.75 Å². The molecule has 0 spiro atoms. The molecule has 1 amide bonds. The Kier molecular flexibility index (Phi) is 7.20. The zero-order valence-electron chi connectivity index (χ0n) is 18.8. The second kappa shape index (κ2) is 9.87. The third kappa shape index (κ3) is 5.68. The molecule has 0 atom stereocenters. The van der Waals surface area contributed by atoms with Crippen LogP contribution in [0.3, 0.4) is 0 Å². The van der Waals surface area contributed by atoms with Crippen molar-refractivity contribution in [3.05, 3.63) is 89.0 Å². The Morgan fingerprint density at radius 1 is 0.938 bits per heavy atom. The van der Waals surface area contributed by atoms with Crippen LogP contribution in [0.2, 0.25) is 0 Å². The van der Waals surface area contributed by atoms with Crippen LogP contribution in [0.1, 0.15) is 34.0 Å². The number of hydrogen-bond donors (Lipinski definition) is 1. The van der Waals surface area contributed by atoms with E-state index in [2.05, 4.69) is 5.32 Å². The predicted molar refractivity (Wildman–Crippen MR) is 129 cm³/mol. The van der Waals surface area contributed by atoms with Gasteiger partial charge in [0.05, 0.1) is 25.1 Å². The maximum atomic E-state index is 12.6. The van der Waals surface area contributed by atoms with Crippen molar-refractivity contribution < 1.29 is 17.9 Å². The second-order valence-corrected chi connectivity index (χ2v) is 9.53. The van der Waals surface area contributed by atoms with Gasteiger partial charge in [-0.05, 0) is 73.9 Å². The average Bonchev–Trinajstić information content (AvgIpc) is 2.74. The molecule has 0 bridgehead atoms. The average molecular weight is 453 g/mol. The van der Waals surface area contributed by atoms with E-state index in [1.165, 1.54) is 10.6 Å². The number of rotatable bonds is 8. The van der Waals surface area contributed by atoms with E-state index in [1.54, 1.807) is 48.5 Å². The number of hydrogen-bond acceptors (Lipinski definition) is 4. The summed E-state index contributed by atoms with van der Waals surface area (Å²) in [6.45, 7) is 6.48. The van der Waals surface area contributed by atoms with Crippen LogP contribution in [0.4, 0.5) is 11.4 Å². The van der Waals surface area contributed by atoms with Crippen molar-refractivity contribution >= 4 is 27.3 Å². The van der Waals surface area contributed by atoms with E-state index in [0.717, 1.165) is 22.4 Å². The van der Waals surface area contributed by atoms with E-state index in [1.807, 2.05) is 39.0 Å². The highest BCUT2D eigenvalue weighted by molar-refractivity contribution is 7.92. The fourth-order valence-corrected chi connectivity index (χ4v) is 4.50. The molecule has 0 saturated carbocycles. The molecule has 0 radical (unpaired) electrons. The van der Waals surface area contributed by atoms with E-state index in [9.17, 15) is 13.2 Å². The highest BCUT2D eigenvalue weighted by Crippen LogP contribution is 2.28. The number of aryl methyl sites for hydroxylation is 2. The summed E-state index contributed by atoms with van der Waals surface area (Å²) in [4.78, 5) is 12.6. The minimum Gasteiger partial charge on any atom is -0.494 e. The van der Waals surface area contributed by atoms with Crippen LogP contribution in [0, 0.1) is 13.8 Å². The molecule has 3 aromatic rings. The molecule has 3 aromatic carbocycles. The van der Waals surface area contributed by atoms with Crippen molar-refractivity contribution in [1.82, 2.24) is 0 Å². The minimum absolute atomic E-state index is 0.186. The molecular formula is C25H28N2O4S. The Bertz CT molecular complexity index is 1170. The highest BCUT2D eigenvalue weighted by atomic mass is 32.2. The number of carbonyl (C=O) groups is 1.